The monoisotopic (exact) mass is 236 g/mol. The lowest BCUT2D eigenvalue weighted by atomic mass is 9.82. The molecule has 0 aromatic heterocycles. The largest absolute Gasteiger partial charge is 0.0609 e. The van der Waals surface area contributed by atoms with Crippen LogP contribution in [0.25, 0.3) is 0 Å². The second kappa shape index (κ2) is 2.60. The summed E-state index contributed by atoms with van der Waals surface area (Å²) in [5, 5.41) is 0. The Morgan fingerprint density at radius 3 is 2.77 bits per heavy atom. The number of fused-ring (bicyclic) bond motifs is 1. The average Bonchev–Trinajstić information content (AvgIpc) is 2.88. The van der Waals surface area contributed by atoms with Crippen LogP contribution in [-0.4, -0.2) is 0 Å². The van der Waals surface area contributed by atoms with Gasteiger partial charge >= 0.3 is 0 Å². The fourth-order valence-corrected chi connectivity index (χ4v) is 3.05. The van der Waals surface area contributed by atoms with Crippen molar-refractivity contribution >= 4 is 15.9 Å². The van der Waals surface area contributed by atoms with Crippen LogP contribution < -0.4 is 0 Å². The van der Waals surface area contributed by atoms with Gasteiger partial charge in [-0.3, -0.25) is 0 Å². The second-order valence-corrected chi connectivity index (χ2v) is 5.41. The van der Waals surface area contributed by atoms with Crippen molar-refractivity contribution in [3.05, 3.63) is 33.8 Å². The highest BCUT2D eigenvalue weighted by Crippen LogP contribution is 2.55. The van der Waals surface area contributed by atoms with Crippen LogP contribution in [-0.2, 0) is 12.8 Å². The molecule has 0 N–H and O–H groups in total. The predicted octanol–water partition coefficient (Wildman–Crippen LogP) is 3.72. The molecule has 2 aliphatic carbocycles. The molecule has 1 aromatic carbocycles. The third-order valence-corrected chi connectivity index (χ3v) is 4.39. The first-order valence-electron chi connectivity index (χ1n) is 5.05. The lowest BCUT2D eigenvalue weighted by molar-refractivity contribution is 0.437. The fourth-order valence-electron chi connectivity index (χ4n) is 2.50. The first kappa shape index (κ1) is 8.05. The van der Waals surface area contributed by atoms with Gasteiger partial charge in [0.05, 0.1) is 0 Å². The molecule has 1 aromatic rings. The summed E-state index contributed by atoms with van der Waals surface area (Å²) < 4.78 is 1.33. The summed E-state index contributed by atoms with van der Waals surface area (Å²) in [7, 11) is 0. The summed E-state index contributed by atoms with van der Waals surface area (Å²) in [6.45, 7) is 0. The van der Waals surface area contributed by atoms with E-state index in [0.717, 1.165) is 5.41 Å². The Balaban J connectivity index is 2.06. The van der Waals surface area contributed by atoms with E-state index in [0.29, 0.717) is 0 Å². The van der Waals surface area contributed by atoms with Crippen molar-refractivity contribution in [1.29, 1.82) is 0 Å². The molecule has 0 heterocycles. The standard InChI is InChI=1S/C12H13Br/c13-11-3-1-2-9-4-5-12(6-7-12)8-10(9)11/h1-3H,4-8H2. The van der Waals surface area contributed by atoms with Crippen molar-refractivity contribution in [3.63, 3.8) is 0 Å². The maximum atomic E-state index is 3.66. The molecule has 0 unspecified atom stereocenters. The van der Waals surface area contributed by atoms with Crippen molar-refractivity contribution < 1.29 is 0 Å². The fraction of sp³-hybridized carbons (Fsp3) is 0.500. The summed E-state index contributed by atoms with van der Waals surface area (Å²) >= 11 is 3.66. The lowest BCUT2D eigenvalue weighted by Crippen LogP contribution is -2.15. The van der Waals surface area contributed by atoms with Gasteiger partial charge in [0.15, 0.2) is 0 Å². The van der Waals surface area contributed by atoms with Gasteiger partial charge in [0.1, 0.15) is 0 Å². The van der Waals surface area contributed by atoms with Crippen molar-refractivity contribution in [2.24, 2.45) is 5.41 Å². The zero-order valence-corrected chi connectivity index (χ0v) is 9.23. The Labute approximate surface area is 87.5 Å². The molecule has 0 radical (unpaired) electrons. The molecule has 1 spiro atoms. The molecule has 0 amide bonds. The summed E-state index contributed by atoms with van der Waals surface area (Å²) in [6, 6.07) is 6.63. The van der Waals surface area contributed by atoms with E-state index in [1.54, 1.807) is 11.1 Å². The van der Waals surface area contributed by atoms with Gasteiger partial charge < -0.3 is 0 Å². The van der Waals surface area contributed by atoms with E-state index in [9.17, 15) is 0 Å². The van der Waals surface area contributed by atoms with Crippen molar-refractivity contribution in [2.75, 3.05) is 0 Å². The van der Waals surface area contributed by atoms with Gasteiger partial charge in [-0.05, 0) is 54.7 Å². The van der Waals surface area contributed by atoms with Gasteiger partial charge in [0, 0.05) is 4.47 Å². The molecule has 1 heteroatoms. The van der Waals surface area contributed by atoms with Crippen molar-refractivity contribution in [2.45, 2.75) is 32.1 Å². The van der Waals surface area contributed by atoms with Crippen LogP contribution in [0, 0.1) is 5.41 Å². The van der Waals surface area contributed by atoms with E-state index < -0.39 is 0 Å². The van der Waals surface area contributed by atoms with Gasteiger partial charge in [-0.25, -0.2) is 0 Å². The van der Waals surface area contributed by atoms with E-state index in [1.165, 1.54) is 36.6 Å². The highest BCUT2D eigenvalue weighted by atomic mass is 79.9. The maximum absolute atomic E-state index is 3.66. The highest BCUT2D eigenvalue weighted by Gasteiger charge is 2.44. The summed E-state index contributed by atoms with van der Waals surface area (Å²) in [5.74, 6) is 0. The van der Waals surface area contributed by atoms with E-state index in [2.05, 4.69) is 34.1 Å². The Morgan fingerprint density at radius 1 is 1.15 bits per heavy atom. The maximum Gasteiger partial charge on any atom is 0.0210 e. The third-order valence-electron chi connectivity index (χ3n) is 3.65. The second-order valence-electron chi connectivity index (χ2n) is 4.55. The highest BCUT2D eigenvalue weighted by molar-refractivity contribution is 9.10. The average molecular weight is 237 g/mol. The number of hydrogen-bond donors (Lipinski definition) is 0. The van der Waals surface area contributed by atoms with E-state index in [1.807, 2.05) is 0 Å². The molecule has 0 atom stereocenters. The van der Waals surface area contributed by atoms with Crippen molar-refractivity contribution in [1.82, 2.24) is 0 Å². The molecular formula is C12H13Br. The molecule has 13 heavy (non-hydrogen) atoms. The molecule has 2 aliphatic rings. The van der Waals surface area contributed by atoms with Gasteiger partial charge in [0.2, 0.25) is 0 Å². The normalized spacial score (nSPS) is 22.8. The number of aryl methyl sites for hydroxylation is 1. The molecule has 68 valence electrons. The van der Waals surface area contributed by atoms with E-state index >= 15 is 0 Å². The van der Waals surface area contributed by atoms with E-state index in [-0.39, 0.29) is 0 Å². The van der Waals surface area contributed by atoms with Crippen LogP contribution in [0.3, 0.4) is 0 Å². The molecule has 0 aliphatic heterocycles. The van der Waals surface area contributed by atoms with Crippen LogP contribution in [0.4, 0.5) is 0 Å². The Morgan fingerprint density at radius 2 is 2.00 bits per heavy atom. The van der Waals surface area contributed by atoms with Crippen LogP contribution in [0.1, 0.15) is 30.4 Å². The molecule has 1 fully saturated rings. The smallest absolute Gasteiger partial charge is 0.0210 e. The SMILES string of the molecule is Brc1cccc2c1CC1(CC2)CC1. The molecule has 0 bridgehead atoms. The van der Waals surface area contributed by atoms with Gasteiger partial charge in [-0.1, -0.05) is 28.1 Å². The van der Waals surface area contributed by atoms with Gasteiger partial charge in [-0.2, -0.15) is 0 Å². The number of rotatable bonds is 0. The van der Waals surface area contributed by atoms with Gasteiger partial charge in [-0.15, -0.1) is 0 Å². The zero-order valence-electron chi connectivity index (χ0n) is 7.65. The quantitative estimate of drug-likeness (QED) is 0.645. The minimum atomic E-state index is 0.733. The molecular weight excluding hydrogens is 224 g/mol. The summed E-state index contributed by atoms with van der Waals surface area (Å²) in [5.41, 5.74) is 3.90. The number of halogens is 1. The lowest BCUT2D eigenvalue weighted by Gasteiger charge is -2.24. The van der Waals surface area contributed by atoms with Crippen LogP contribution in [0.2, 0.25) is 0 Å². The zero-order chi connectivity index (χ0) is 8.89. The molecule has 1 saturated carbocycles. The number of hydrogen-bond acceptors (Lipinski definition) is 0. The van der Waals surface area contributed by atoms with Crippen molar-refractivity contribution in [3.8, 4) is 0 Å². The third kappa shape index (κ3) is 1.25. The Bertz CT molecular complexity index is 350. The van der Waals surface area contributed by atoms with Crippen LogP contribution >= 0.6 is 15.9 Å². The minimum Gasteiger partial charge on any atom is -0.0609 e. The van der Waals surface area contributed by atoms with Crippen LogP contribution in [0.5, 0.6) is 0 Å². The first-order chi connectivity index (χ1) is 6.29. The van der Waals surface area contributed by atoms with Gasteiger partial charge in [0.25, 0.3) is 0 Å². The first-order valence-corrected chi connectivity index (χ1v) is 5.85. The Kier molecular flexibility index (Phi) is 1.61. The Hall–Kier alpha value is -0.300. The number of benzene rings is 1. The van der Waals surface area contributed by atoms with E-state index in [4.69, 9.17) is 0 Å². The minimum absolute atomic E-state index is 0.733. The molecule has 0 nitrogen and oxygen atoms in total. The molecule has 0 saturated heterocycles. The summed E-state index contributed by atoms with van der Waals surface area (Å²) in [6.07, 6.45) is 6.98. The predicted molar refractivity (Wildman–Crippen MR) is 57.8 cm³/mol. The summed E-state index contributed by atoms with van der Waals surface area (Å²) in [4.78, 5) is 0. The topological polar surface area (TPSA) is 0 Å². The van der Waals surface area contributed by atoms with Crippen LogP contribution in [0.15, 0.2) is 22.7 Å². The molecule has 3 rings (SSSR count).